The van der Waals surface area contributed by atoms with Crippen LogP contribution in [-0.4, -0.2) is 30.7 Å². The summed E-state index contributed by atoms with van der Waals surface area (Å²) in [5.41, 5.74) is 6.33. The van der Waals surface area contributed by atoms with E-state index in [4.69, 9.17) is 5.73 Å². The average molecular weight is 272 g/mol. The third-order valence-corrected chi connectivity index (χ3v) is 5.47. The molecule has 7 heteroatoms. The summed E-state index contributed by atoms with van der Waals surface area (Å²) in [6.07, 6.45) is 3.64. The molecule has 1 aliphatic carbocycles. The van der Waals surface area contributed by atoms with Crippen molar-refractivity contribution in [1.82, 2.24) is 14.9 Å². The monoisotopic (exact) mass is 272 g/mol. The Balaban J connectivity index is 2.33. The van der Waals surface area contributed by atoms with Crippen LogP contribution in [0.5, 0.6) is 0 Å². The van der Waals surface area contributed by atoms with Gasteiger partial charge in [-0.25, -0.2) is 13.1 Å². The predicted molar refractivity (Wildman–Crippen MR) is 68.6 cm³/mol. The van der Waals surface area contributed by atoms with Crippen molar-refractivity contribution in [2.24, 2.45) is 5.73 Å². The number of nitrogens with two attached hydrogens (primary N) is 1. The van der Waals surface area contributed by atoms with Crippen LogP contribution in [0.15, 0.2) is 4.90 Å². The van der Waals surface area contributed by atoms with Gasteiger partial charge in [-0.2, -0.15) is 5.10 Å². The van der Waals surface area contributed by atoms with Crippen LogP contribution >= 0.6 is 0 Å². The van der Waals surface area contributed by atoms with Gasteiger partial charge in [0.15, 0.2) is 0 Å². The van der Waals surface area contributed by atoms with E-state index in [0.717, 1.165) is 25.7 Å². The van der Waals surface area contributed by atoms with Crippen molar-refractivity contribution in [1.29, 1.82) is 0 Å². The lowest BCUT2D eigenvalue weighted by molar-refractivity contribution is 0.399. The van der Waals surface area contributed by atoms with Gasteiger partial charge in [-0.15, -0.1) is 0 Å². The van der Waals surface area contributed by atoms with E-state index >= 15 is 0 Å². The number of rotatable bonds is 4. The second-order valence-electron chi connectivity index (χ2n) is 5.06. The Labute approximate surface area is 107 Å². The van der Waals surface area contributed by atoms with Gasteiger partial charge in [0.2, 0.25) is 10.0 Å². The number of aryl methyl sites for hydroxylation is 2. The van der Waals surface area contributed by atoms with E-state index in [1.807, 2.05) is 0 Å². The van der Waals surface area contributed by atoms with Gasteiger partial charge in [-0.3, -0.25) is 5.10 Å². The maximum atomic E-state index is 12.4. The second kappa shape index (κ2) is 4.64. The van der Waals surface area contributed by atoms with E-state index < -0.39 is 15.6 Å². The fraction of sp³-hybridized carbons (Fsp3) is 0.727. The molecule has 1 aromatic heterocycles. The topological polar surface area (TPSA) is 101 Å². The van der Waals surface area contributed by atoms with Gasteiger partial charge in [0.25, 0.3) is 0 Å². The van der Waals surface area contributed by atoms with E-state index in [2.05, 4.69) is 14.9 Å². The van der Waals surface area contributed by atoms with Crippen LogP contribution in [0.3, 0.4) is 0 Å². The molecule has 102 valence electrons. The van der Waals surface area contributed by atoms with Gasteiger partial charge >= 0.3 is 0 Å². The number of hydrogen-bond donors (Lipinski definition) is 3. The zero-order valence-corrected chi connectivity index (χ0v) is 11.6. The van der Waals surface area contributed by atoms with Crippen molar-refractivity contribution < 1.29 is 8.42 Å². The first-order chi connectivity index (χ1) is 8.40. The summed E-state index contributed by atoms with van der Waals surface area (Å²) in [6, 6.07) is 0. The Kier molecular flexibility index (Phi) is 3.48. The van der Waals surface area contributed by atoms with Crippen molar-refractivity contribution in [3.8, 4) is 0 Å². The first-order valence-corrected chi connectivity index (χ1v) is 7.64. The molecule has 0 spiro atoms. The highest BCUT2D eigenvalue weighted by Gasteiger charge is 2.38. The zero-order chi connectivity index (χ0) is 13.4. The van der Waals surface area contributed by atoms with Gasteiger partial charge in [0.1, 0.15) is 4.90 Å². The molecule has 2 rings (SSSR count). The van der Waals surface area contributed by atoms with Crippen LogP contribution < -0.4 is 10.5 Å². The number of nitrogens with zero attached hydrogens (tertiary/aromatic N) is 1. The molecule has 1 saturated carbocycles. The van der Waals surface area contributed by atoms with Gasteiger partial charge in [0.05, 0.1) is 11.4 Å². The third-order valence-electron chi connectivity index (χ3n) is 3.63. The Morgan fingerprint density at radius 3 is 2.44 bits per heavy atom. The number of aromatic amines is 1. The molecule has 0 amide bonds. The maximum absolute atomic E-state index is 12.4. The molecule has 0 aromatic carbocycles. The smallest absolute Gasteiger partial charge is 0.244 e. The van der Waals surface area contributed by atoms with E-state index in [1.54, 1.807) is 13.8 Å². The molecule has 0 unspecified atom stereocenters. The molecule has 1 aliphatic rings. The summed E-state index contributed by atoms with van der Waals surface area (Å²) in [5.74, 6) is 0. The van der Waals surface area contributed by atoms with E-state index in [1.165, 1.54) is 0 Å². The first-order valence-electron chi connectivity index (χ1n) is 6.16. The molecule has 0 radical (unpaired) electrons. The number of hydrogen-bond acceptors (Lipinski definition) is 4. The third kappa shape index (κ3) is 2.30. The fourth-order valence-electron chi connectivity index (χ4n) is 2.67. The average Bonchev–Trinajstić information content (AvgIpc) is 2.86. The number of nitrogens with one attached hydrogen (secondary N) is 2. The summed E-state index contributed by atoms with van der Waals surface area (Å²) in [7, 11) is -3.56. The number of sulfonamides is 1. The van der Waals surface area contributed by atoms with Crippen LogP contribution in [0.2, 0.25) is 0 Å². The normalized spacial score (nSPS) is 19.3. The highest BCUT2D eigenvalue weighted by molar-refractivity contribution is 7.89. The molecule has 1 fully saturated rings. The largest absolute Gasteiger partial charge is 0.329 e. The van der Waals surface area contributed by atoms with Crippen LogP contribution in [0, 0.1) is 13.8 Å². The first kappa shape index (κ1) is 13.5. The Morgan fingerprint density at radius 2 is 2.00 bits per heavy atom. The molecular formula is C11H20N4O2S. The summed E-state index contributed by atoms with van der Waals surface area (Å²) in [4.78, 5) is 0.252. The molecule has 0 atom stereocenters. The van der Waals surface area contributed by atoms with Gasteiger partial charge in [0, 0.05) is 12.1 Å². The fourth-order valence-corrected chi connectivity index (χ4v) is 4.52. The summed E-state index contributed by atoms with van der Waals surface area (Å²) in [5, 5.41) is 6.63. The lowest BCUT2D eigenvalue weighted by atomic mass is 10.0. The van der Waals surface area contributed by atoms with Crippen LogP contribution in [0.4, 0.5) is 0 Å². The molecule has 6 nitrogen and oxygen atoms in total. The van der Waals surface area contributed by atoms with Crippen molar-refractivity contribution in [3.63, 3.8) is 0 Å². The predicted octanol–water partition coefficient (Wildman–Crippen LogP) is 0.576. The minimum atomic E-state index is -3.56. The Morgan fingerprint density at radius 1 is 1.39 bits per heavy atom. The van der Waals surface area contributed by atoms with Crippen LogP contribution in [0.25, 0.3) is 0 Å². The SMILES string of the molecule is Cc1n[nH]c(C)c1S(=O)(=O)NC1(CN)CCCC1. The van der Waals surface area contributed by atoms with Crippen molar-refractivity contribution in [2.75, 3.05) is 6.54 Å². The quantitative estimate of drug-likeness (QED) is 0.746. The molecule has 0 saturated heterocycles. The highest BCUT2D eigenvalue weighted by atomic mass is 32.2. The van der Waals surface area contributed by atoms with Gasteiger partial charge in [-0.05, 0) is 26.7 Å². The van der Waals surface area contributed by atoms with E-state index in [-0.39, 0.29) is 4.90 Å². The molecule has 4 N–H and O–H groups in total. The minimum absolute atomic E-state index is 0.252. The molecule has 18 heavy (non-hydrogen) atoms. The summed E-state index contributed by atoms with van der Waals surface area (Å²) in [6.45, 7) is 3.72. The van der Waals surface area contributed by atoms with Gasteiger partial charge < -0.3 is 5.73 Å². The molecule has 1 heterocycles. The number of H-pyrrole nitrogens is 1. The van der Waals surface area contributed by atoms with Crippen molar-refractivity contribution in [2.45, 2.75) is 50.0 Å². The van der Waals surface area contributed by atoms with Crippen LogP contribution in [-0.2, 0) is 10.0 Å². The number of aromatic nitrogens is 2. The van der Waals surface area contributed by atoms with Crippen molar-refractivity contribution >= 4 is 10.0 Å². The molecule has 1 aromatic rings. The van der Waals surface area contributed by atoms with Crippen LogP contribution in [0.1, 0.15) is 37.1 Å². The van der Waals surface area contributed by atoms with E-state index in [0.29, 0.717) is 17.9 Å². The zero-order valence-electron chi connectivity index (χ0n) is 10.8. The van der Waals surface area contributed by atoms with E-state index in [9.17, 15) is 8.42 Å². The Bertz CT molecular complexity index is 510. The maximum Gasteiger partial charge on any atom is 0.244 e. The summed E-state index contributed by atoms with van der Waals surface area (Å²) < 4.78 is 27.6. The summed E-state index contributed by atoms with van der Waals surface area (Å²) >= 11 is 0. The minimum Gasteiger partial charge on any atom is -0.329 e. The molecule has 0 bridgehead atoms. The van der Waals surface area contributed by atoms with Crippen molar-refractivity contribution in [3.05, 3.63) is 11.4 Å². The van der Waals surface area contributed by atoms with Gasteiger partial charge in [-0.1, -0.05) is 12.8 Å². The lowest BCUT2D eigenvalue weighted by Gasteiger charge is -2.28. The highest BCUT2D eigenvalue weighted by Crippen LogP contribution is 2.31. The second-order valence-corrected chi connectivity index (χ2v) is 6.68. The molecule has 0 aliphatic heterocycles. The standard InChI is InChI=1S/C11H20N4O2S/c1-8-10(9(2)14-13-8)18(16,17)15-11(7-12)5-3-4-6-11/h15H,3-7,12H2,1-2H3,(H,13,14). The molecular weight excluding hydrogens is 252 g/mol. The lowest BCUT2D eigenvalue weighted by Crippen LogP contribution is -2.51. The Hall–Kier alpha value is -0.920.